The van der Waals surface area contributed by atoms with E-state index < -0.39 is 0 Å². The average Bonchev–Trinajstić information content (AvgIpc) is 2.78. The molecule has 0 spiro atoms. The maximum absolute atomic E-state index is 12.4. The number of hydrogen-bond donors (Lipinski definition) is 3. The highest BCUT2D eigenvalue weighted by Crippen LogP contribution is 2.27. The summed E-state index contributed by atoms with van der Waals surface area (Å²) in [5.41, 5.74) is 3.26. The Labute approximate surface area is 177 Å². The second kappa shape index (κ2) is 10.8. The molecule has 30 heavy (non-hydrogen) atoms. The second-order valence-corrected chi connectivity index (χ2v) is 7.18. The van der Waals surface area contributed by atoms with Gasteiger partial charge < -0.3 is 16.0 Å². The predicted molar refractivity (Wildman–Crippen MR) is 119 cm³/mol. The molecule has 5 nitrogen and oxygen atoms in total. The molecule has 0 aliphatic carbocycles. The van der Waals surface area contributed by atoms with E-state index in [4.69, 9.17) is 0 Å². The van der Waals surface area contributed by atoms with Crippen molar-refractivity contribution in [1.29, 1.82) is 0 Å². The monoisotopic (exact) mass is 401 g/mol. The van der Waals surface area contributed by atoms with E-state index >= 15 is 0 Å². The summed E-state index contributed by atoms with van der Waals surface area (Å²) in [5, 5.41) is 8.39. The Morgan fingerprint density at radius 3 is 1.77 bits per heavy atom. The first-order valence-corrected chi connectivity index (χ1v) is 10.1. The minimum absolute atomic E-state index is 0.0169. The SMILES string of the molecule is C[C@H](NC(=O)CNC(=O)NCc1ccccc1)C(c1ccccc1)c1ccccc1. The maximum atomic E-state index is 12.4. The lowest BCUT2D eigenvalue weighted by molar-refractivity contribution is -0.120. The molecule has 0 saturated carbocycles. The summed E-state index contributed by atoms with van der Waals surface area (Å²) >= 11 is 0. The van der Waals surface area contributed by atoms with E-state index in [1.54, 1.807) is 0 Å². The first-order valence-electron chi connectivity index (χ1n) is 10.1. The number of hydrogen-bond acceptors (Lipinski definition) is 2. The van der Waals surface area contributed by atoms with E-state index in [9.17, 15) is 9.59 Å². The van der Waals surface area contributed by atoms with Crippen LogP contribution < -0.4 is 16.0 Å². The van der Waals surface area contributed by atoms with Crippen molar-refractivity contribution in [2.75, 3.05) is 6.54 Å². The molecular weight excluding hydrogens is 374 g/mol. The number of urea groups is 1. The largest absolute Gasteiger partial charge is 0.351 e. The maximum Gasteiger partial charge on any atom is 0.315 e. The number of benzene rings is 3. The van der Waals surface area contributed by atoms with E-state index in [0.29, 0.717) is 6.54 Å². The zero-order chi connectivity index (χ0) is 21.2. The van der Waals surface area contributed by atoms with Gasteiger partial charge in [-0.2, -0.15) is 0 Å². The molecular formula is C25H27N3O2. The van der Waals surface area contributed by atoms with E-state index in [-0.39, 0.29) is 30.4 Å². The lowest BCUT2D eigenvalue weighted by Crippen LogP contribution is -2.45. The molecule has 3 aromatic rings. The fourth-order valence-electron chi connectivity index (χ4n) is 3.48. The lowest BCUT2D eigenvalue weighted by atomic mass is 9.86. The molecule has 0 radical (unpaired) electrons. The van der Waals surface area contributed by atoms with Crippen LogP contribution in [0.1, 0.15) is 29.5 Å². The van der Waals surface area contributed by atoms with Gasteiger partial charge in [-0.3, -0.25) is 4.79 Å². The molecule has 0 aliphatic heterocycles. The van der Waals surface area contributed by atoms with Crippen molar-refractivity contribution in [3.05, 3.63) is 108 Å². The van der Waals surface area contributed by atoms with Gasteiger partial charge in [-0.1, -0.05) is 91.0 Å². The minimum Gasteiger partial charge on any atom is -0.351 e. The lowest BCUT2D eigenvalue weighted by Gasteiger charge is -2.26. The Kier molecular flexibility index (Phi) is 7.61. The minimum atomic E-state index is -0.371. The van der Waals surface area contributed by atoms with Gasteiger partial charge in [-0.25, -0.2) is 4.79 Å². The van der Waals surface area contributed by atoms with Crippen LogP contribution in [0.2, 0.25) is 0 Å². The molecule has 5 heteroatoms. The van der Waals surface area contributed by atoms with Gasteiger partial charge in [0.2, 0.25) is 5.91 Å². The van der Waals surface area contributed by atoms with Crippen molar-refractivity contribution in [3.63, 3.8) is 0 Å². The van der Waals surface area contributed by atoms with Crippen LogP contribution in [0.4, 0.5) is 4.79 Å². The van der Waals surface area contributed by atoms with Crippen LogP contribution in [0.5, 0.6) is 0 Å². The van der Waals surface area contributed by atoms with Gasteiger partial charge >= 0.3 is 6.03 Å². The van der Waals surface area contributed by atoms with E-state index in [1.165, 1.54) is 0 Å². The number of carbonyl (C=O) groups is 2. The first kappa shape index (κ1) is 21.1. The molecule has 3 aromatic carbocycles. The van der Waals surface area contributed by atoms with E-state index in [1.807, 2.05) is 73.7 Å². The topological polar surface area (TPSA) is 70.2 Å². The smallest absolute Gasteiger partial charge is 0.315 e. The summed E-state index contributed by atoms with van der Waals surface area (Å²) in [6.07, 6.45) is 0. The summed E-state index contributed by atoms with van der Waals surface area (Å²) in [4.78, 5) is 24.4. The van der Waals surface area contributed by atoms with Crippen LogP contribution >= 0.6 is 0 Å². The molecule has 3 N–H and O–H groups in total. The van der Waals surface area contributed by atoms with Gasteiger partial charge in [0, 0.05) is 18.5 Å². The van der Waals surface area contributed by atoms with Gasteiger partial charge in [0.05, 0.1) is 6.54 Å². The van der Waals surface area contributed by atoms with Crippen molar-refractivity contribution in [2.24, 2.45) is 0 Å². The van der Waals surface area contributed by atoms with Crippen LogP contribution in [0.15, 0.2) is 91.0 Å². The summed E-state index contributed by atoms with van der Waals surface area (Å²) in [6, 6.07) is 29.3. The Bertz CT molecular complexity index is 891. The zero-order valence-electron chi connectivity index (χ0n) is 17.0. The van der Waals surface area contributed by atoms with Crippen LogP contribution in [-0.2, 0) is 11.3 Å². The van der Waals surface area contributed by atoms with Gasteiger partial charge in [0.1, 0.15) is 0 Å². The summed E-state index contributed by atoms with van der Waals surface area (Å²) in [6.45, 7) is 2.31. The summed E-state index contributed by atoms with van der Waals surface area (Å²) in [5.74, 6) is -0.211. The quantitative estimate of drug-likeness (QED) is 0.537. The second-order valence-electron chi connectivity index (χ2n) is 7.18. The van der Waals surface area contributed by atoms with Crippen molar-refractivity contribution in [1.82, 2.24) is 16.0 Å². The van der Waals surface area contributed by atoms with E-state index in [2.05, 4.69) is 40.2 Å². The van der Waals surface area contributed by atoms with Gasteiger partial charge in [0.15, 0.2) is 0 Å². The highest BCUT2D eigenvalue weighted by atomic mass is 16.2. The summed E-state index contributed by atoms with van der Waals surface area (Å²) < 4.78 is 0. The standard InChI is InChI=1S/C25H27N3O2/c1-19(24(21-13-7-3-8-14-21)22-15-9-4-10-16-22)28-23(29)18-27-25(30)26-17-20-11-5-2-6-12-20/h2-16,19,24H,17-18H2,1H3,(H,28,29)(H2,26,27,30)/t19-/m0/s1. The fraction of sp³-hybridized carbons (Fsp3) is 0.200. The number of amides is 3. The van der Waals surface area contributed by atoms with E-state index in [0.717, 1.165) is 16.7 Å². The molecule has 3 amide bonds. The molecule has 0 unspecified atom stereocenters. The zero-order valence-corrected chi connectivity index (χ0v) is 17.0. The Morgan fingerprint density at radius 1 is 0.733 bits per heavy atom. The molecule has 0 saturated heterocycles. The highest BCUT2D eigenvalue weighted by molar-refractivity contribution is 5.84. The Balaban J connectivity index is 1.54. The number of carbonyl (C=O) groups excluding carboxylic acids is 2. The van der Waals surface area contributed by atoms with Crippen LogP contribution in [0.25, 0.3) is 0 Å². The van der Waals surface area contributed by atoms with Crippen LogP contribution in [-0.4, -0.2) is 24.5 Å². The number of rotatable bonds is 8. The Morgan fingerprint density at radius 2 is 1.23 bits per heavy atom. The molecule has 0 aromatic heterocycles. The molecule has 3 rings (SSSR count). The molecule has 0 heterocycles. The normalized spacial score (nSPS) is 11.5. The van der Waals surface area contributed by atoms with Crippen molar-refractivity contribution < 1.29 is 9.59 Å². The van der Waals surface area contributed by atoms with Gasteiger partial charge in [-0.15, -0.1) is 0 Å². The Hall–Kier alpha value is -3.60. The van der Waals surface area contributed by atoms with Crippen molar-refractivity contribution >= 4 is 11.9 Å². The van der Waals surface area contributed by atoms with Crippen LogP contribution in [0, 0.1) is 0 Å². The first-order chi connectivity index (χ1) is 14.6. The predicted octanol–water partition coefficient (Wildman–Crippen LogP) is 3.82. The fourth-order valence-corrected chi connectivity index (χ4v) is 3.48. The van der Waals surface area contributed by atoms with Crippen molar-refractivity contribution in [3.8, 4) is 0 Å². The molecule has 154 valence electrons. The molecule has 1 atom stereocenters. The third kappa shape index (κ3) is 6.21. The van der Waals surface area contributed by atoms with Gasteiger partial charge in [-0.05, 0) is 23.6 Å². The third-order valence-electron chi connectivity index (χ3n) is 4.91. The van der Waals surface area contributed by atoms with Crippen molar-refractivity contribution in [2.45, 2.75) is 25.4 Å². The molecule has 0 bridgehead atoms. The highest BCUT2D eigenvalue weighted by Gasteiger charge is 2.22. The van der Waals surface area contributed by atoms with Crippen LogP contribution in [0.3, 0.4) is 0 Å². The third-order valence-corrected chi connectivity index (χ3v) is 4.91. The average molecular weight is 402 g/mol. The number of nitrogens with one attached hydrogen (secondary N) is 3. The van der Waals surface area contributed by atoms with Gasteiger partial charge in [0.25, 0.3) is 0 Å². The molecule has 0 fully saturated rings. The molecule has 0 aliphatic rings. The summed E-state index contributed by atoms with van der Waals surface area (Å²) in [7, 11) is 0.